The van der Waals surface area contributed by atoms with Gasteiger partial charge >= 0.3 is 0 Å². The number of fused-ring (bicyclic) bond motifs is 1. The van der Waals surface area contributed by atoms with Crippen molar-refractivity contribution in [2.24, 2.45) is 0 Å². The Hall–Kier alpha value is -1.88. The summed E-state index contributed by atoms with van der Waals surface area (Å²) in [5.74, 6) is 0.233. The van der Waals surface area contributed by atoms with Crippen molar-refractivity contribution in [2.45, 2.75) is 25.9 Å². The van der Waals surface area contributed by atoms with E-state index in [-0.39, 0.29) is 11.9 Å². The third-order valence-corrected chi connectivity index (χ3v) is 3.92. The molecule has 0 spiro atoms. The zero-order valence-electron chi connectivity index (χ0n) is 11.7. The molecule has 1 saturated heterocycles. The van der Waals surface area contributed by atoms with E-state index in [1.807, 2.05) is 35.5 Å². The van der Waals surface area contributed by atoms with Crippen LogP contribution in [0.1, 0.15) is 13.3 Å². The molecule has 20 heavy (non-hydrogen) atoms. The van der Waals surface area contributed by atoms with Crippen molar-refractivity contribution in [1.29, 1.82) is 0 Å². The second kappa shape index (κ2) is 5.63. The first kappa shape index (κ1) is 13.1. The van der Waals surface area contributed by atoms with E-state index in [0.29, 0.717) is 13.0 Å². The number of aromatic nitrogens is 2. The zero-order chi connectivity index (χ0) is 13.9. The maximum absolute atomic E-state index is 12.3. The van der Waals surface area contributed by atoms with Crippen LogP contribution in [0.3, 0.4) is 0 Å². The van der Waals surface area contributed by atoms with Crippen LogP contribution in [0.15, 0.2) is 30.6 Å². The summed E-state index contributed by atoms with van der Waals surface area (Å²) in [6, 6.07) is 8.30. The average molecular weight is 272 g/mol. The number of benzene rings is 1. The molecule has 5 heteroatoms. The number of rotatable bonds is 3. The van der Waals surface area contributed by atoms with Gasteiger partial charge in [-0.1, -0.05) is 12.1 Å². The van der Waals surface area contributed by atoms with E-state index < -0.39 is 0 Å². The van der Waals surface area contributed by atoms with Crippen LogP contribution in [-0.4, -0.2) is 46.0 Å². The first-order valence-corrected chi connectivity index (χ1v) is 7.16. The Morgan fingerprint density at radius 1 is 1.45 bits per heavy atom. The van der Waals surface area contributed by atoms with Gasteiger partial charge in [-0.2, -0.15) is 0 Å². The zero-order valence-corrected chi connectivity index (χ0v) is 11.7. The number of amides is 1. The summed E-state index contributed by atoms with van der Waals surface area (Å²) >= 11 is 0. The summed E-state index contributed by atoms with van der Waals surface area (Å²) in [4.78, 5) is 18.6. The highest BCUT2D eigenvalue weighted by molar-refractivity contribution is 5.78. The van der Waals surface area contributed by atoms with Gasteiger partial charge in [-0.3, -0.25) is 4.79 Å². The van der Waals surface area contributed by atoms with Crippen molar-refractivity contribution in [2.75, 3.05) is 19.6 Å². The van der Waals surface area contributed by atoms with E-state index >= 15 is 0 Å². The van der Waals surface area contributed by atoms with Gasteiger partial charge in [0.15, 0.2) is 0 Å². The van der Waals surface area contributed by atoms with Crippen LogP contribution in [-0.2, 0) is 11.3 Å². The summed E-state index contributed by atoms with van der Waals surface area (Å²) in [7, 11) is 0. The van der Waals surface area contributed by atoms with E-state index in [0.717, 1.165) is 30.7 Å². The minimum atomic E-state index is 0.233. The van der Waals surface area contributed by atoms with Crippen LogP contribution in [0.5, 0.6) is 0 Å². The van der Waals surface area contributed by atoms with Gasteiger partial charge < -0.3 is 14.8 Å². The molecule has 5 nitrogen and oxygen atoms in total. The fourth-order valence-electron chi connectivity index (χ4n) is 2.76. The molecule has 106 valence electrons. The lowest BCUT2D eigenvalue weighted by atomic mass is 10.2. The van der Waals surface area contributed by atoms with Crippen molar-refractivity contribution in [3.63, 3.8) is 0 Å². The molecule has 1 aromatic heterocycles. The number of nitrogens with zero attached hydrogens (tertiary/aromatic N) is 3. The van der Waals surface area contributed by atoms with Gasteiger partial charge in [0.1, 0.15) is 0 Å². The Kier molecular flexibility index (Phi) is 3.69. The van der Waals surface area contributed by atoms with Gasteiger partial charge in [-0.25, -0.2) is 4.98 Å². The molecule has 2 aromatic rings. The molecule has 1 atom stereocenters. The lowest BCUT2D eigenvalue weighted by Gasteiger charge is -2.34. The molecule has 1 unspecified atom stereocenters. The number of imidazole rings is 1. The van der Waals surface area contributed by atoms with E-state index in [9.17, 15) is 4.79 Å². The van der Waals surface area contributed by atoms with Crippen molar-refractivity contribution in [1.82, 2.24) is 19.8 Å². The first-order chi connectivity index (χ1) is 9.75. The van der Waals surface area contributed by atoms with E-state index in [1.165, 1.54) is 0 Å². The molecule has 1 amide bonds. The maximum Gasteiger partial charge on any atom is 0.224 e. The standard InChI is InChI=1S/C15H20N4O/c1-12-10-16-7-9-19(12)15(20)6-8-18-11-17-13-4-2-3-5-14(13)18/h2-5,11-12,16H,6-10H2,1H3. The quantitative estimate of drug-likeness (QED) is 0.915. The molecule has 0 radical (unpaired) electrons. The van der Waals surface area contributed by atoms with Crippen LogP contribution >= 0.6 is 0 Å². The summed E-state index contributed by atoms with van der Waals surface area (Å²) in [6.45, 7) is 5.38. The summed E-state index contributed by atoms with van der Waals surface area (Å²) in [5.41, 5.74) is 2.07. The van der Waals surface area contributed by atoms with Crippen LogP contribution in [0.4, 0.5) is 0 Å². The third kappa shape index (κ3) is 2.54. The molecule has 1 aliphatic heterocycles. The second-order valence-electron chi connectivity index (χ2n) is 5.32. The number of hydrogen-bond acceptors (Lipinski definition) is 3. The Morgan fingerprint density at radius 2 is 2.30 bits per heavy atom. The van der Waals surface area contributed by atoms with Crippen LogP contribution in [0, 0.1) is 0 Å². The minimum Gasteiger partial charge on any atom is -0.337 e. The molecular formula is C15H20N4O. The first-order valence-electron chi connectivity index (χ1n) is 7.16. The SMILES string of the molecule is CC1CNCCN1C(=O)CCn1cnc2ccccc21. The van der Waals surface area contributed by atoms with Gasteiger partial charge in [0.25, 0.3) is 0 Å². The number of piperazine rings is 1. The van der Waals surface area contributed by atoms with Crippen LogP contribution in [0.2, 0.25) is 0 Å². The Balaban J connectivity index is 1.65. The molecule has 0 aliphatic carbocycles. The molecule has 3 rings (SSSR count). The molecular weight excluding hydrogens is 252 g/mol. The van der Waals surface area contributed by atoms with Crippen molar-refractivity contribution >= 4 is 16.9 Å². The molecule has 1 aromatic carbocycles. The molecule has 0 bridgehead atoms. The van der Waals surface area contributed by atoms with Gasteiger partial charge in [0.05, 0.1) is 17.4 Å². The van der Waals surface area contributed by atoms with Crippen LogP contribution < -0.4 is 5.32 Å². The van der Waals surface area contributed by atoms with Crippen molar-refractivity contribution in [3.8, 4) is 0 Å². The predicted molar refractivity (Wildman–Crippen MR) is 78.4 cm³/mol. The van der Waals surface area contributed by atoms with Gasteiger partial charge in [-0.15, -0.1) is 0 Å². The number of nitrogens with one attached hydrogen (secondary N) is 1. The monoisotopic (exact) mass is 272 g/mol. The average Bonchev–Trinajstić information content (AvgIpc) is 2.88. The van der Waals surface area contributed by atoms with Gasteiger partial charge in [0.2, 0.25) is 5.91 Å². The van der Waals surface area contributed by atoms with Crippen molar-refractivity contribution < 1.29 is 4.79 Å². The van der Waals surface area contributed by atoms with E-state index in [2.05, 4.69) is 21.8 Å². The summed E-state index contributed by atoms with van der Waals surface area (Å²) in [5, 5.41) is 3.30. The number of carbonyl (C=O) groups is 1. The largest absolute Gasteiger partial charge is 0.337 e. The fourth-order valence-corrected chi connectivity index (χ4v) is 2.76. The molecule has 0 saturated carbocycles. The number of para-hydroxylation sites is 2. The Labute approximate surface area is 118 Å². The fraction of sp³-hybridized carbons (Fsp3) is 0.467. The Bertz CT molecular complexity index is 607. The molecule has 1 N–H and O–H groups in total. The molecule has 1 fully saturated rings. The van der Waals surface area contributed by atoms with Gasteiger partial charge in [0, 0.05) is 38.6 Å². The molecule has 1 aliphatic rings. The number of carbonyl (C=O) groups excluding carboxylic acids is 1. The number of hydrogen-bond donors (Lipinski definition) is 1. The van der Waals surface area contributed by atoms with Crippen LogP contribution in [0.25, 0.3) is 11.0 Å². The molecule has 2 heterocycles. The number of aryl methyl sites for hydroxylation is 1. The highest BCUT2D eigenvalue weighted by Gasteiger charge is 2.22. The highest BCUT2D eigenvalue weighted by atomic mass is 16.2. The van der Waals surface area contributed by atoms with E-state index in [1.54, 1.807) is 0 Å². The Morgan fingerprint density at radius 3 is 3.15 bits per heavy atom. The third-order valence-electron chi connectivity index (χ3n) is 3.92. The van der Waals surface area contributed by atoms with E-state index in [4.69, 9.17) is 0 Å². The van der Waals surface area contributed by atoms with Crippen molar-refractivity contribution in [3.05, 3.63) is 30.6 Å². The second-order valence-corrected chi connectivity index (χ2v) is 5.32. The predicted octanol–water partition coefficient (Wildman–Crippen LogP) is 1.25. The topological polar surface area (TPSA) is 50.2 Å². The van der Waals surface area contributed by atoms with Gasteiger partial charge in [-0.05, 0) is 19.1 Å². The minimum absolute atomic E-state index is 0.233. The lowest BCUT2D eigenvalue weighted by molar-refractivity contribution is -0.134. The normalized spacial score (nSPS) is 19.4. The lowest BCUT2D eigenvalue weighted by Crippen LogP contribution is -2.52. The summed E-state index contributed by atoms with van der Waals surface area (Å²) in [6.07, 6.45) is 2.35. The highest BCUT2D eigenvalue weighted by Crippen LogP contribution is 2.13. The smallest absolute Gasteiger partial charge is 0.224 e. The maximum atomic E-state index is 12.3. The summed E-state index contributed by atoms with van der Waals surface area (Å²) < 4.78 is 2.06.